The zero-order chi connectivity index (χ0) is 14.9. The third-order valence-electron chi connectivity index (χ3n) is 3.39. The van der Waals surface area contributed by atoms with Gasteiger partial charge in [-0.25, -0.2) is 12.7 Å². The van der Waals surface area contributed by atoms with Gasteiger partial charge >= 0.3 is 0 Å². The number of aryl methyl sites for hydroxylation is 1. The summed E-state index contributed by atoms with van der Waals surface area (Å²) in [6.45, 7) is 3.55. The molecule has 0 aliphatic carbocycles. The van der Waals surface area contributed by atoms with Gasteiger partial charge in [0.05, 0.1) is 18.4 Å². The van der Waals surface area contributed by atoms with Crippen molar-refractivity contribution in [2.24, 2.45) is 5.92 Å². The predicted octanol–water partition coefficient (Wildman–Crippen LogP) is -0.469. The normalized spacial score (nSPS) is 24.6. The summed E-state index contributed by atoms with van der Waals surface area (Å²) in [6.07, 6.45) is -0.612. The van der Waals surface area contributed by atoms with Gasteiger partial charge < -0.3 is 5.11 Å². The van der Waals surface area contributed by atoms with Crippen LogP contribution >= 0.6 is 11.3 Å². The van der Waals surface area contributed by atoms with E-state index in [1.54, 1.807) is 0 Å². The van der Waals surface area contributed by atoms with Gasteiger partial charge in [0, 0.05) is 33.1 Å². The molecule has 1 fully saturated rings. The number of nitrogens with zero attached hydrogens (tertiary/aromatic N) is 4. The van der Waals surface area contributed by atoms with Crippen LogP contribution in [0.4, 0.5) is 0 Å². The third-order valence-corrected chi connectivity index (χ3v) is 6.18. The van der Waals surface area contributed by atoms with E-state index in [0.29, 0.717) is 19.6 Å². The van der Waals surface area contributed by atoms with Gasteiger partial charge in [-0.3, -0.25) is 4.90 Å². The minimum atomic E-state index is -3.29. The maximum Gasteiger partial charge on any atom is 0.214 e. The van der Waals surface area contributed by atoms with E-state index in [0.717, 1.165) is 10.0 Å². The van der Waals surface area contributed by atoms with Crippen molar-refractivity contribution in [2.75, 3.05) is 32.9 Å². The molecule has 9 heteroatoms. The molecule has 1 N–H and O–H groups in total. The second kappa shape index (κ2) is 6.02. The second-order valence-corrected chi connectivity index (χ2v) is 8.79. The Bertz CT molecular complexity index is 558. The molecule has 20 heavy (non-hydrogen) atoms. The van der Waals surface area contributed by atoms with E-state index in [9.17, 15) is 13.5 Å². The van der Waals surface area contributed by atoms with Gasteiger partial charge in [0.1, 0.15) is 10.0 Å². The van der Waals surface area contributed by atoms with E-state index in [4.69, 9.17) is 0 Å². The molecule has 0 radical (unpaired) electrons. The van der Waals surface area contributed by atoms with Crippen LogP contribution in [0.25, 0.3) is 0 Å². The average molecular weight is 320 g/mol. The van der Waals surface area contributed by atoms with Crippen molar-refractivity contribution in [3.63, 3.8) is 0 Å². The molecule has 1 aromatic rings. The molecule has 2 atom stereocenters. The fourth-order valence-electron chi connectivity index (χ4n) is 2.25. The summed E-state index contributed by atoms with van der Waals surface area (Å²) < 4.78 is 25.0. The third kappa shape index (κ3) is 3.73. The highest BCUT2D eigenvalue weighted by atomic mass is 32.2. The quantitative estimate of drug-likeness (QED) is 0.789. The molecule has 1 aromatic heterocycles. The SMILES string of the molecule is Cc1nnc(CN2C[C@@H](CS(=O)(=O)N(C)C)[C@H](O)C2)s1. The van der Waals surface area contributed by atoms with Crippen LogP contribution in [-0.4, -0.2) is 72.0 Å². The molecule has 0 aromatic carbocycles. The molecule has 7 nitrogen and oxygen atoms in total. The summed E-state index contributed by atoms with van der Waals surface area (Å²) in [6, 6.07) is 0. The lowest BCUT2D eigenvalue weighted by molar-refractivity contribution is 0.148. The number of likely N-dealkylation sites (tertiary alicyclic amines) is 1. The molecule has 0 unspecified atom stereocenters. The molecule has 0 saturated carbocycles. The van der Waals surface area contributed by atoms with Crippen LogP contribution in [0.1, 0.15) is 10.0 Å². The van der Waals surface area contributed by atoms with E-state index in [-0.39, 0.29) is 11.7 Å². The molecule has 114 valence electrons. The van der Waals surface area contributed by atoms with Crippen LogP contribution < -0.4 is 0 Å². The highest BCUT2D eigenvalue weighted by molar-refractivity contribution is 7.89. The lowest BCUT2D eigenvalue weighted by atomic mass is 10.1. The number of aliphatic hydroxyl groups excluding tert-OH is 1. The highest BCUT2D eigenvalue weighted by Gasteiger charge is 2.35. The van der Waals surface area contributed by atoms with Gasteiger partial charge in [0.15, 0.2) is 0 Å². The topological polar surface area (TPSA) is 86.6 Å². The molecule has 0 amide bonds. The number of aliphatic hydroxyl groups is 1. The monoisotopic (exact) mass is 320 g/mol. The van der Waals surface area contributed by atoms with Crippen molar-refractivity contribution < 1.29 is 13.5 Å². The van der Waals surface area contributed by atoms with Gasteiger partial charge in [-0.15, -0.1) is 21.5 Å². The van der Waals surface area contributed by atoms with Gasteiger partial charge in [-0.1, -0.05) is 0 Å². The Morgan fingerprint density at radius 2 is 2.10 bits per heavy atom. The maximum atomic E-state index is 11.9. The number of hydrogen-bond donors (Lipinski definition) is 1. The van der Waals surface area contributed by atoms with Crippen molar-refractivity contribution in [2.45, 2.75) is 19.6 Å². The van der Waals surface area contributed by atoms with Gasteiger partial charge in [0.25, 0.3) is 0 Å². The summed E-state index contributed by atoms with van der Waals surface area (Å²) in [7, 11) is -0.261. The number of sulfonamides is 1. The lowest BCUT2D eigenvalue weighted by Crippen LogP contribution is -2.33. The fraction of sp³-hybridized carbons (Fsp3) is 0.818. The van der Waals surface area contributed by atoms with Crippen molar-refractivity contribution in [1.82, 2.24) is 19.4 Å². The molecule has 2 heterocycles. The van der Waals surface area contributed by atoms with Crippen molar-refractivity contribution in [1.29, 1.82) is 0 Å². The van der Waals surface area contributed by atoms with Crippen LogP contribution in [0.15, 0.2) is 0 Å². The van der Waals surface area contributed by atoms with Crippen molar-refractivity contribution in [3.05, 3.63) is 10.0 Å². The Hall–Kier alpha value is -0.610. The summed E-state index contributed by atoms with van der Waals surface area (Å²) >= 11 is 1.52. The van der Waals surface area contributed by atoms with Crippen LogP contribution in [-0.2, 0) is 16.6 Å². The van der Waals surface area contributed by atoms with Crippen LogP contribution in [0.5, 0.6) is 0 Å². The van der Waals surface area contributed by atoms with Gasteiger partial charge in [-0.2, -0.15) is 0 Å². The molecular weight excluding hydrogens is 300 g/mol. The molecule has 1 saturated heterocycles. The zero-order valence-electron chi connectivity index (χ0n) is 11.9. The van der Waals surface area contributed by atoms with E-state index in [1.807, 2.05) is 11.8 Å². The first kappa shape index (κ1) is 15.8. The van der Waals surface area contributed by atoms with Crippen LogP contribution in [0.2, 0.25) is 0 Å². The Kier molecular flexibility index (Phi) is 4.75. The van der Waals surface area contributed by atoms with Crippen LogP contribution in [0.3, 0.4) is 0 Å². The molecule has 1 aliphatic rings. The van der Waals surface area contributed by atoms with Gasteiger partial charge in [0.2, 0.25) is 10.0 Å². The van der Waals surface area contributed by atoms with E-state index >= 15 is 0 Å². The van der Waals surface area contributed by atoms with Gasteiger partial charge in [-0.05, 0) is 6.92 Å². The van der Waals surface area contributed by atoms with E-state index in [1.165, 1.54) is 29.7 Å². The molecule has 1 aliphatic heterocycles. The summed E-state index contributed by atoms with van der Waals surface area (Å²) in [4.78, 5) is 2.03. The standard InChI is InChI=1S/C11H20N4O3S2/c1-8-12-13-11(19-8)6-15-4-9(10(16)5-15)7-20(17,18)14(2)3/h9-10,16H,4-7H2,1-3H3/t9-,10+/m0/s1. The molecule has 0 spiro atoms. The fourth-order valence-corrected chi connectivity index (χ4v) is 4.16. The number of β-amino-alcohol motifs (C(OH)–C–C–N with tert-alkyl or cyclic N) is 1. The zero-order valence-corrected chi connectivity index (χ0v) is 13.5. The Morgan fingerprint density at radius 1 is 1.40 bits per heavy atom. The van der Waals surface area contributed by atoms with E-state index < -0.39 is 16.1 Å². The first-order valence-electron chi connectivity index (χ1n) is 6.37. The van der Waals surface area contributed by atoms with E-state index in [2.05, 4.69) is 10.2 Å². The predicted molar refractivity (Wildman–Crippen MR) is 76.9 cm³/mol. The summed E-state index contributed by atoms with van der Waals surface area (Å²) in [5, 5.41) is 19.8. The Balaban J connectivity index is 1.95. The highest BCUT2D eigenvalue weighted by Crippen LogP contribution is 2.22. The smallest absolute Gasteiger partial charge is 0.214 e. The molecular formula is C11H20N4O3S2. The Morgan fingerprint density at radius 3 is 2.65 bits per heavy atom. The minimum absolute atomic E-state index is 0.0210. The number of rotatable bonds is 5. The Labute approximate surface area is 123 Å². The lowest BCUT2D eigenvalue weighted by Gasteiger charge is -2.17. The molecule has 2 rings (SSSR count). The second-order valence-electron chi connectivity index (χ2n) is 5.30. The number of aromatic nitrogens is 2. The van der Waals surface area contributed by atoms with Crippen molar-refractivity contribution >= 4 is 21.4 Å². The largest absolute Gasteiger partial charge is 0.391 e. The summed E-state index contributed by atoms with van der Waals surface area (Å²) in [5.41, 5.74) is 0. The van der Waals surface area contributed by atoms with Crippen LogP contribution in [0, 0.1) is 12.8 Å². The first-order valence-corrected chi connectivity index (χ1v) is 8.80. The number of hydrogen-bond acceptors (Lipinski definition) is 7. The maximum absolute atomic E-state index is 11.9. The molecule has 0 bridgehead atoms. The average Bonchev–Trinajstić information content (AvgIpc) is 2.86. The minimum Gasteiger partial charge on any atom is -0.391 e. The summed E-state index contributed by atoms with van der Waals surface area (Å²) in [5.74, 6) is -0.274. The van der Waals surface area contributed by atoms with Crippen molar-refractivity contribution in [3.8, 4) is 0 Å². The first-order chi connectivity index (χ1) is 9.28.